The van der Waals surface area contributed by atoms with Crippen LogP contribution in [0.5, 0.6) is 0 Å². The van der Waals surface area contributed by atoms with Gasteiger partial charge in [0, 0.05) is 24.2 Å². The second-order valence-corrected chi connectivity index (χ2v) is 8.90. The van der Waals surface area contributed by atoms with E-state index in [0.717, 1.165) is 16.7 Å². The summed E-state index contributed by atoms with van der Waals surface area (Å²) in [5, 5.41) is 0.594. The second kappa shape index (κ2) is 8.78. The Morgan fingerprint density at radius 3 is 2.48 bits per heavy atom. The third-order valence-electron chi connectivity index (χ3n) is 5.21. The fourth-order valence-electron chi connectivity index (χ4n) is 3.96. The molecule has 3 rings (SSSR count). The van der Waals surface area contributed by atoms with Crippen molar-refractivity contribution >= 4 is 23.3 Å². The van der Waals surface area contributed by atoms with Gasteiger partial charge in [-0.1, -0.05) is 29.7 Å². The predicted octanol–water partition coefficient (Wildman–Crippen LogP) is 3.73. The number of fused-ring (bicyclic) bond motifs is 1. The molecule has 0 aliphatic carbocycles. The number of pyridine rings is 1. The summed E-state index contributed by atoms with van der Waals surface area (Å²) in [6, 6.07) is 7.32. The van der Waals surface area contributed by atoms with E-state index in [9.17, 15) is 9.59 Å². The molecule has 0 fully saturated rings. The molecule has 1 atom stereocenters. The molecule has 1 aromatic carbocycles. The Balaban J connectivity index is 2.39. The number of carbonyl (C=O) groups excluding carboxylic acids is 1. The Hall–Kier alpha value is -2.75. The highest BCUT2D eigenvalue weighted by Gasteiger charge is 2.37. The summed E-state index contributed by atoms with van der Waals surface area (Å²) in [5.41, 5.74) is 2.60. The summed E-state index contributed by atoms with van der Waals surface area (Å²) in [6.07, 6.45) is 5.07. The molecule has 1 unspecified atom stereocenters. The van der Waals surface area contributed by atoms with Gasteiger partial charge in [-0.15, -0.1) is 6.42 Å². The summed E-state index contributed by atoms with van der Waals surface area (Å²) in [7, 11) is 2.95. The number of benzene rings is 1. The van der Waals surface area contributed by atoms with Crippen LogP contribution in [0.1, 0.15) is 38.1 Å². The number of ether oxygens (including phenoxy) is 2. The zero-order valence-electron chi connectivity index (χ0n) is 18.5. The van der Waals surface area contributed by atoms with Crippen LogP contribution in [-0.4, -0.2) is 36.3 Å². The SMILES string of the molecule is C#CCN1CCc2c(-c3ccc(Cl)cc3)c(C(OC(C)(C)C)C(=O)OC)n(C)c(=O)c21. The van der Waals surface area contributed by atoms with E-state index in [1.807, 2.05) is 37.8 Å². The van der Waals surface area contributed by atoms with Crippen LogP contribution in [0.4, 0.5) is 5.69 Å². The zero-order chi connectivity index (χ0) is 22.9. The lowest BCUT2D eigenvalue weighted by atomic mass is 9.93. The van der Waals surface area contributed by atoms with Gasteiger partial charge in [-0.3, -0.25) is 4.79 Å². The van der Waals surface area contributed by atoms with Gasteiger partial charge in [0.05, 0.1) is 24.9 Å². The molecule has 7 heteroatoms. The number of nitrogens with zero attached hydrogens (tertiary/aromatic N) is 2. The molecule has 0 amide bonds. The first-order valence-corrected chi connectivity index (χ1v) is 10.4. The highest BCUT2D eigenvalue weighted by atomic mass is 35.5. The average molecular weight is 443 g/mol. The molecular formula is C24H27ClN2O4. The minimum atomic E-state index is -1.08. The predicted molar refractivity (Wildman–Crippen MR) is 122 cm³/mol. The largest absolute Gasteiger partial charge is 0.467 e. The maximum atomic E-state index is 13.4. The average Bonchev–Trinajstić information content (AvgIpc) is 3.12. The number of hydrogen-bond acceptors (Lipinski definition) is 5. The van der Waals surface area contributed by atoms with Gasteiger partial charge in [0.1, 0.15) is 5.69 Å². The quantitative estimate of drug-likeness (QED) is 0.521. The summed E-state index contributed by atoms with van der Waals surface area (Å²) >= 11 is 6.12. The Labute approximate surface area is 187 Å². The van der Waals surface area contributed by atoms with E-state index in [2.05, 4.69) is 5.92 Å². The van der Waals surface area contributed by atoms with Crippen molar-refractivity contribution in [3.8, 4) is 23.5 Å². The lowest BCUT2D eigenvalue weighted by Gasteiger charge is -2.30. The van der Waals surface area contributed by atoms with Crippen LogP contribution < -0.4 is 10.5 Å². The van der Waals surface area contributed by atoms with E-state index in [4.69, 9.17) is 27.5 Å². The van der Waals surface area contributed by atoms with Crippen molar-refractivity contribution in [3.63, 3.8) is 0 Å². The molecule has 1 aliphatic rings. The number of hydrogen-bond donors (Lipinski definition) is 0. The molecule has 0 bridgehead atoms. The third-order valence-corrected chi connectivity index (χ3v) is 5.46. The van der Waals surface area contributed by atoms with E-state index in [1.165, 1.54) is 11.7 Å². The smallest absolute Gasteiger partial charge is 0.341 e. The first-order valence-electron chi connectivity index (χ1n) is 10.0. The van der Waals surface area contributed by atoms with Crippen molar-refractivity contribution in [3.05, 3.63) is 50.9 Å². The number of terminal acetylenes is 1. The first-order chi connectivity index (χ1) is 14.6. The lowest BCUT2D eigenvalue weighted by Crippen LogP contribution is -2.35. The number of rotatable bonds is 5. The Kier molecular flexibility index (Phi) is 6.49. The van der Waals surface area contributed by atoms with Crippen LogP contribution >= 0.6 is 11.6 Å². The van der Waals surface area contributed by atoms with Crippen LogP contribution in [-0.2, 0) is 27.7 Å². The van der Waals surface area contributed by atoms with Gasteiger partial charge in [-0.05, 0) is 50.5 Å². The Bertz CT molecular complexity index is 1090. The van der Waals surface area contributed by atoms with Crippen LogP contribution in [0, 0.1) is 12.3 Å². The first kappa shape index (κ1) is 22.9. The maximum Gasteiger partial charge on any atom is 0.341 e. The van der Waals surface area contributed by atoms with Gasteiger partial charge in [0.25, 0.3) is 5.56 Å². The molecule has 0 spiro atoms. The molecule has 2 heterocycles. The number of halogens is 1. The van der Waals surface area contributed by atoms with E-state index in [1.54, 1.807) is 19.2 Å². The highest BCUT2D eigenvalue weighted by Crippen LogP contribution is 2.40. The summed E-state index contributed by atoms with van der Waals surface area (Å²) in [6.45, 7) is 6.52. The summed E-state index contributed by atoms with van der Waals surface area (Å²) in [5.74, 6) is 2.05. The molecule has 164 valence electrons. The lowest BCUT2D eigenvalue weighted by molar-refractivity contribution is -0.165. The number of methoxy groups -OCH3 is 1. The molecular weight excluding hydrogens is 416 g/mol. The van der Waals surface area contributed by atoms with Crippen LogP contribution in [0.2, 0.25) is 5.02 Å². The molecule has 0 saturated carbocycles. The van der Waals surface area contributed by atoms with Crippen LogP contribution in [0.15, 0.2) is 29.1 Å². The molecule has 0 saturated heterocycles. The number of esters is 1. The normalized spacial score (nSPS) is 14.2. The van der Waals surface area contributed by atoms with E-state index in [0.29, 0.717) is 35.9 Å². The van der Waals surface area contributed by atoms with Crippen molar-refractivity contribution in [1.29, 1.82) is 0 Å². The van der Waals surface area contributed by atoms with Gasteiger partial charge in [0.15, 0.2) is 6.10 Å². The minimum Gasteiger partial charge on any atom is -0.467 e. The summed E-state index contributed by atoms with van der Waals surface area (Å²) < 4.78 is 12.7. The van der Waals surface area contributed by atoms with Crippen molar-refractivity contribution in [2.75, 3.05) is 25.1 Å². The van der Waals surface area contributed by atoms with Gasteiger partial charge >= 0.3 is 5.97 Å². The third kappa shape index (κ3) is 4.48. The van der Waals surface area contributed by atoms with Gasteiger partial charge in [-0.2, -0.15) is 0 Å². The fourth-order valence-corrected chi connectivity index (χ4v) is 4.08. The van der Waals surface area contributed by atoms with Crippen molar-refractivity contribution in [2.45, 2.75) is 38.9 Å². The molecule has 1 aliphatic heterocycles. The molecule has 2 aromatic rings. The van der Waals surface area contributed by atoms with Crippen molar-refractivity contribution in [2.24, 2.45) is 7.05 Å². The van der Waals surface area contributed by atoms with Crippen molar-refractivity contribution in [1.82, 2.24) is 4.57 Å². The standard InChI is InChI=1S/C24H27ClN2O4/c1-7-13-27-14-12-17-18(15-8-10-16(25)11-9-15)20(26(5)22(28)19(17)27)21(23(29)30-6)31-24(2,3)4/h1,8-11,21H,12-14H2,2-6H3. The molecule has 1 aromatic heterocycles. The van der Waals surface area contributed by atoms with E-state index >= 15 is 0 Å². The van der Waals surface area contributed by atoms with E-state index in [-0.39, 0.29) is 5.56 Å². The molecule has 31 heavy (non-hydrogen) atoms. The van der Waals surface area contributed by atoms with E-state index < -0.39 is 17.7 Å². The van der Waals surface area contributed by atoms with Crippen LogP contribution in [0.25, 0.3) is 11.1 Å². The summed E-state index contributed by atoms with van der Waals surface area (Å²) in [4.78, 5) is 28.1. The molecule has 0 radical (unpaired) electrons. The van der Waals surface area contributed by atoms with Crippen LogP contribution in [0.3, 0.4) is 0 Å². The highest BCUT2D eigenvalue weighted by molar-refractivity contribution is 6.30. The monoisotopic (exact) mass is 442 g/mol. The second-order valence-electron chi connectivity index (χ2n) is 8.47. The Morgan fingerprint density at radius 1 is 1.29 bits per heavy atom. The minimum absolute atomic E-state index is 0.220. The van der Waals surface area contributed by atoms with Gasteiger partial charge in [0.2, 0.25) is 0 Å². The zero-order valence-corrected chi connectivity index (χ0v) is 19.2. The van der Waals surface area contributed by atoms with Gasteiger partial charge < -0.3 is 18.9 Å². The number of anilines is 1. The number of carbonyl (C=O) groups is 1. The fraction of sp³-hybridized carbons (Fsp3) is 0.417. The molecule has 6 nitrogen and oxygen atoms in total. The van der Waals surface area contributed by atoms with Gasteiger partial charge in [-0.25, -0.2) is 4.79 Å². The molecule has 0 N–H and O–H groups in total. The number of aromatic nitrogens is 1. The Morgan fingerprint density at radius 2 is 1.94 bits per heavy atom. The van der Waals surface area contributed by atoms with Crippen molar-refractivity contribution < 1.29 is 14.3 Å². The topological polar surface area (TPSA) is 60.8 Å². The maximum absolute atomic E-state index is 13.4.